The van der Waals surface area contributed by atoms with Crippen LogP contribution in [-0.4, -0.2) is 42.7 Å². The average molecular weight is 479 g/mol. The molecule has 0 spiro atoms. The first-order valence-corrected chi connectivity index (χ1v) is 11.5. The third-order valence-electron chi connectivity index (χ3n) is 5.47. The molecule has 184 valence electrons. The number of rotatable bonds is 10. The van der Waals surface area contributed by atoms with Crippen LogP contribution in [0.25, 0.3) is 11.3 Å². The first kappa shape index (κ1) is 25.6. The molecule has 0 aliphatic carbocycles. The van der Waals surface area contributed by atoms with E-state index in [0.717, 1.165) is 17.0 Å². The van der Waals surface area contributed by atoms with Gasteiger partial charge in [0.15, 0.2) is 0 Å². The maximum atomic E-state index is 12.7. The minimum atomic E-state index is -0.442. The first-order chi connectivity index (χ1) is 16.9. The van der Waals surface area contributed by atoms with Crippen molar-refractivity contribution in [3.8, 4) is 17.0 Å². The van der Waals surface area contributed by atoms with Crippen molar-refractivity contribution in [2.75, 3.05) is 25.6 Å². The van der Waals surface area contributed by atoms with Crippen molar-refractivity contribution in [1.82, 2.24) is 4.57 Å². The fourth-order valence-corrected chi connectivity index (χ4v) is 3.72. The lowest BCUT2D eigenvalue weighted by atomic mass is 10.1. The van der Waals surface area contributed by atoms with Crippen LogP contribution in [0.1, 0.15) is 46.7 Å². The minimum Gasteiger partial charge on any atom is -0.497 e. The Labute approximate surface area is 204 Å². The number of hydrogen-bond donors (Lipinski definition) is 1. The van der Waals surface area contributed by atoms with Gasteiger partial charge in [0, 0.05) is 30.0 Å². The summed E-state index contributed by atoms with van der Waals surface area (Å²) < 4.78 is 17.4. The average Bonchev–Trinajstić information content (AvgIpc) is 3.19. The van der Waals surface area contributed by atoms with Crippen molar-refractivity contribution in [2.45, 2.75) is 33.7 Å². The van der Waals surface area contributed by atoms with Crippen LogP contribution in [-0.2, 0) is 20.8 Å². The highest BCUT2D eigenvalue weighted by Crippen LogP contribution is 2.28. The van der Waals surface area contributed by atoms with Crippen molar-refractivity contribution in [1.29, 1.82) is 0 Å². The van der Waals surface area contributed by atoms with E-state index in [4.69, 9.17) is 14.2 Å². The lowest BCUT2D eigenvalue weighted by molar-refractivity contribution is -0.116. The van der Waals surface area contributed by atoms with E-state index in [-0.39, 0.29) is 25.5 Å². The maximum Gasteiger partial charge on any atom is 0.339 e. The summed E-state index contributed by atoms with van der Waals surface area (Å²) in [6.45, 7) is 6.22. The summed E-state index contributed by atoms with van der Waals surface area (Å²) in [5.41, 5.74) is 3.73. The zero-order valence-electron chi connectivity index (χ0n) is 20.4. The summed E-state index contributed by atoms with van der Waals surface area (Å²) in [6, 6.07) is 15.9. The standard InChI is InChI=1S/C27H30N2O6/c1-5-34-26(31)20-8-7-9-21(16-20)28-25(30)14-15-29-18(3)23(27(32)35-6-2)17-24(29)19-10-12-22(33-4)13-11-19/h7-13,16-17H,5-6,14-15H2,1-4H3,(H,28,30). The number of ether oxygens (including phenoxy) is 3. The number of esters is 2. The molecule has 0 aliphatic rings. The van der Waals surface area contributed by atoms with Crippen molar-refractivity contribution in [3.05, 3.63) is 71.4 Å². The van der Waals surface area contributed by atoms with Crippen LogP contribution in [0, 0.1) is 6.92 Å². The second-order valence-corrected chi connectivity index (χ2v) is 7.73. The van der Waals surface area contributed by atoms with Crippen LogP contribution in [0.4, 0.5) is 5.69 Å². The van der Waals surface area contributed by atoms with Crippen LogP contribution >= 0.6 is 0 Å². The van der Waals surface area contributed by atoms with Crippen molar-refractivity contribution in [2.24, 2.45) is 0 Å². The molecule has 1 N–H and O–H groups in total. The van der Waals surface area contributed by atoms with E-state index in [2.05, 4.69) is 5.32 Å². The van der Waals surface area contributed by atoms with Gasteiger partial charge in [-0.1, -0.05) is 6.07 Å². The zero-order valence-corrected chi connectivity index (χ0v) is 20.4. The molecule has 8 heteroatoms. The summed E-state index contributed by atoms with van der Waals surface area (Å²) in [6.07, 6.45) is 0.157. The molecule has 3 rings (SSSR count). The molecule has 2 aromatic carbocycles. The van der Waals surface area contributed by atoms with Gasteiger partial charge in [-0.15, -0.1) is 0 Å². The number of carbonyl (C=O) groups is 3. The molecule has 1 amide bonds. The molecule has 8 nitrogen and oxygen atoms in total. The van der Waals surface area contributed by atoms with Crippen LogP contribution in [0.3, 0.4) is 0 Å². The highest BCUT2D eigenvalue weighted by molar-refractivity contribution is 5.95. The molecule has 0 bridgehead atoms. The number of nitrogens with zero attached hydrogens (tertiary/aromatic N) is 1. The summed E-state index contributed by atoms with van der Waals surface area (Å²) in [5.74, 6) is -0.350. The fraction of sp³-hybridized carbons (Fsp3) is 0.296. The van der Waals surface area contributed by atoms with Gasteiger partial charge >= 0.3 is 11.9 Å². The van der Waals surface area contributed by atoms with E-state index in [1.807, 2.05) is 35.8 Å². The molecule has 1 aromatic heterocycles. The van der Waals surface area contributed by atoms with E-state index in [1.54, 1.807) is 51.3 Å². The predicted octanol–water partition coefficient (Wildman–Crippen LogP) is 4.85. The van der Waals surface area contributed by atoms with E-state index < -0.39 is 11.9 Å². The SMILES string of the molecule is CCOC(=O)c1cccc(NC(=O)CCn2c(-c3ccc(OC)cc3)cc(C(=O)OCC)c2C)c1. The monoisotopic (exact) mass is 478 g/mol. The van der Waals surface area contributed by atoms with Gasteiger partial charge in [0.1, 0.15) is 5.75 Å². The molecule has 0 saturated carbocycles. The second-order valence-electron chi connectivity index (χ2n) is 7.73. The Morgan fingerprint density at radius 3 is 2.26 bits per heavy atom. The van der Waals surface area contributed by atoms with Gasteiger partial charge in [-0.05, 0) is 74.9 Å². The van der Waals surface area contributed by atoms with Crippen LogP contribution in [0.15, 0.2) is 54.6 Å². The van der Waals surface area contributed by atoms with Gasteiger partial charge in [-0.3, -0.25) is 4.79 Å². The Kier molecular flexibility index (Phi) is 8.67. The minimum absolute atomic E-state index is 0.157. The molecule has 0 aliphatic heterocycles. The summed E-state index contributed by atoms with van der Waals surface area (Å²) in [5, 5.41) is 2.82. The Balaban J connectivity index is 1.80. The Bertz CT molecular complexity index is 1200. The fourth-order valence-electron chi connectivity index (χ4n) is 3.72. The molecule has 0 saturated heterocycles. The zero-order chi connectivity index (χ0) is 25.4. The third-order valence-corrected chi connectivity index (χ3v) is 5.47. The lowest BCUT2D eigenvalue weighted by Gasteiger charge is -2.13. The number of hydrogen-bond acceptors (Lipinski definition) is 6. The molecule has 0 unspecified atom stereocenters. The topological polar surface area (TPSA) is 95.9 Å². The number of anilines is 1. The molecule has 3 aromatic rings. The molecule has 1 heterocycles. The predicted molar refractivity (Wildman–Crippen MR) is 133 cm³/mol. The number of methoxy groups -OCH3 is 1. The van der Waals surface area contributed by atoms with Gasteiger partial charge < -0.3 is 24.1 Å². The third kappa shape index (κ3) is 6.29. The van der Waals surface area contributed by atoms with Gasteiger partial charge in [0.25, 0.3) is 0 Å². The molecule has 35 heavy (non-hydrogen) atoms. The van der Waals surface area contributed by atoms with E-state index in [1.165, 1.54) is 0 Å². The molecular weight excluding hydrogens is 448 g/mol. The van der Waals surface area contributed by atoms with Gasteiger partial charge in [-0.2, -0.15) is 0 Å². The summed E-state index contributed by atoms with van der Waals surface area (Å²) in [4.78, 5) is 37.2. The Morgan fingerprint density at radius 2 is 1.60 bits per heavy atom. The number of aromatic nitrogens is 1. The number of benzene rings is 2. The Morgan fingerprint density at radius 1 is 0.914 bits per heavy atom. The smallest absolute Gasteiger partial charge is 0.339 e. The first-order valence-electron chi connectivity index (χ1n) is 11.5. The van der Waals surface area contributed by atoms with Gasteiger partial charge in [0.05, 0.1) is 31.5 Å². The number of carbonyl (C=O) groups excluding carboxylic acids is 3. The lowest BCUT2D eigenvalue weighted by Crippen LogP contribution is -2.16. The van der Waals surface area contributed by atoms with E-state index in [9.17, 15) is 14.4 Å². The highest BCUT2D eigenvalue weighted by atomic mass is 16.5. The maximum absolute atomic E-state index is 12.7. The van der Waals surface area contributed by atoms with Gasteiger partial charge in [0.2, 0.25) is 5.91 Å². The highest BCUT2D eigenvalue weighted by Gasteiger charge is 2.20. The van der Waals surface area contributed by atoms with Crippen molar-refractivity contribution in [3.63, 3.8) is 0 Å². The van der Waals surface area contributed by atoms with Crippen LogP contribution < -0.4 is 10.1 Å². The molecule has 0 atom stereocenters. The molecule has 0 radical (unpaired) electrons. The van der Waals surface area contributed by atoms with Crippen LogP contribution in [0.2, 0.25) is 0 Å². The van der Waals surface area contributed by atoms with Gasteiger partial charge in [-0.25, -0.2) is 9.59 Å². The Hall–Kier alpha value is -4.07. The van der Waals surface area contributed by atoms with E-state index >= 15 is 0 Å². The molecule has 0 fully saturated rings. The van der Waals surface area contributed by atoms with Crippen molar-refractivity contribution < 1.29 is 28.6 Å². The number of nitrogens with one attached hydrogen (secondary N) is 1. The summed E-state index contributed by atoms with van der Waals surface area (Å²) >= 11 is 0. The normalized spacial score (nSPS) is 10.5. The quantitative estimate of drug-likeness (QED) is 0.418. The van der Waals surface area contributed by atoms with Crippen LogP contribution in [0.5, 0.6) is 5.75 Å². The molecular formula is C27H30N2O6. The number of amides is 1. The van der Waals surface area contributed by atoms with Crippen molar-refractivity contribution >= 4 is 23.5 Å². The largest absolute Gasteiger partial charge is 0.497 e. The van der Waals surface area contributed by atoms with E-state index in [0.29, 0.717) is 29.1 Å². The summed E-state index contributed by atoms with van der Waals surface area (Å²) in [7, 11) is 1.60. The second kappa shape index (κ2) is 11.9.